The number of phenols is 1. The van der Waals surface area contributed by atoms with Crippen LogP contribution in [0.4, 0.5) is 0 Å². The van der Waals surface area contributed by atoms with Crippen LogP contribution < -0.4 is 9.47 Å². The molecule has 0 radical (unpaired) electrons. The van der Waals surface area contributed by atoms with Crippen LogP contribution in [0.2, 0.25) is 0 Å². The van der Waals surface area contributed by atoms with Gasteiger partial charge in [-0.15, -0.1) is 0 Å². The van der Waals surface area contributed by atoms with Gasteiger partial charge < -0.3 is 14.6 Å². The maximum Gasteiger partial charge on any atom is 0.164 e. The Labute approximate surface area is 75.9 Å². The highest BCUT2D eigenvalue weighted by Crippen LogP contribution is 2.33. The van der Waals surface area contributed by atoms with Crippen LogP contribution in [0.15, 0.2) is 12.1 Å². The van der Waals surface area contributed by atoms with Crippen molar-refractivity contribution in [3.63, 3.8) is 0 Å². The molecule has 0 fully saturated rings. The highest BCUT2D eigenvalue weighted by Gasteiger charge is 2.09. The van der Waals surface area contributed by atoms with Gasteiger partial charge >= 0.3 is 0 Å². The number of rotatable bonds is 2. The van der Waals surface area contributed by atoms with E-state index in [1.165, 1.54) is 26.4 Å². The van der Waals surface area contributed by atoms with Gasteiger partial charge in [0.15, 0.2) is 11.5 Å². The number of ether oxygens (including phenoxy) is 2. The normalized spacial score (nSPS) is 9.00. The Morgan fingerprint density at radius 1 is 1.23 bits per heavy atom. The first-order valence-corrected chi connectivity index (χ1v) is 3.58. The molecule has 1 aromatic carbocycles. The van der Waals surface area contributed by atoms with E-state index in [4.69, 9.17) is 14.7 Å². The second-order valence-electron chi connectivity index (χ2n) is 2.34. The number of nitrogens with zero attached hydrogens (tertiary/aromatic N) is 1. The molecule has 0 aliphatic heterocycles. The Kier molecular flexibility index (Phi) is 2.60. The fraction of sp³-hybridized carbons (Fsp3) is 0.222. The van der Waals surface area contributed by atoms with Crippen molar-refractivity contribution in [2.24, 2.45) is 0 Å². The van der Waals surface area contributed by atoms with Crippen molar-refractivity contribution in [2.45, 2.75) is 0 Å². The number of phenolic OH excluding ortho intramolecular Hbond substituents is 1. The van der Waals surface area contributed by atoms with E-state index in [-0.39, 0.29) is 11.3 Å². The van der Waals surface area contributed by atoms with Gasteiger partial charge in [-0.05, 0) is 0 Å². The van der Waals surface area contributed by atoms with Crippen LogP contribution in [-0.2, 0) is 0 Å². The molecule has 1 N–H and O–H groups in total. The van der Waals surface area contributed by atoms with E-state index in [1.54, 1.807) is 0 Å². The molecule has 0 aromatic heterocycles. The molecule has 0 saturated heterocycles. The summed E-state index contributed by atoms with van der Waals surface area (Å²) in [4.78, 5) is 0. The third-order valence-corrected chi connectivity index (χ3v) is 1.62. The molecule has 0 saturated carbocycles. The zero-order valence-corrected chi connectivity index (χ0v) is 7.37. The van der Waals surface area contributed by atoms with Crippen LogP contribution in [0.25, 0.3) is 0 Å². The molecule has 0 spiro atoms. The topological polar surface area (TPSA) is 62.5 Å². The Bertz CT molecular complexity index is 355. The number of aromatic hydroxyl groups is 1. The molecule has 0 heterocycles. The SMILES string of the molecule is COc1cc(O)c(C#N)cc1OC. The van der Waals surface area contributed by atoms with E-state index < -0.39 is 0 Å². The Hall–Kier alpha value is -1.89. The third kappa shape index (κ3) is 1.64. The van der Waals surface area contributed by atoms with E-state index in [0.717, 1.165) is 0 Å². The minimum absolute atomic E-state index is 0.111. The van der Waals surface area contributed by atoms with Crippen molar-refractivity contribution in [3.8, 4) is 23.3 Å². The van der Waals surface area contributed by atoms with Gasteiger partial charge in [0.2, 0.25) is 0 Å². The molecular formula is C9H9NO3. The van der Waals surface area contributed by atoms with Gasteiger partial charge in [0.05, 0.1) is 19.8 Å². The summed E-state index contributed by atoms with van der Waals surface area (Å²) in [6.07, 6.45) is 0. The predicted molar refractivity (Wildman–Crippen MR) is 45.9 cm³/mol. The van der Waals surface area contributed by atoms with Crippen molar-refractivity contribution in [1.82, 2.24) is 0 Å². The minimum atomic E-state index is -0.111. The van der Waals surface area contributed by atoms with Gasteiger partial charge in [0.25, 0.3) is 0 Å². The summed E-state index contributed by atoms with van der Waals surface area (Å²) in [6.45, 7) is 0. The lowest BCUT2D eigenvalue weighted by atomic mass is 10.2. The molecule has 0 amide bonds. The number of benzene rings is 1. The van der Waals surface area contributed by atoms with Gasteiger partial charge in [-0.25, -0.2) is 0 Å². The number of methoxy groups -OCH3 is 2. The third-order valence-electron chi connectivity index (χ3n) is 1.62. The molecule has 68 valence electrons. The summed E-state index contributed by atoms with van der Waals surface area (Å²) in [6, 6.07) is 4.61. The first-order valence-electron chi connectivity index (χ1n) is 3.58. The monoisotopic (exact) mass is 179 g/mol. The second kappa shape index (κ2) is 3.68. The van der Waals surface area contributed by atoms with Gasteiger partial charge in [0.1, 0.15) is 11.8 Å². The number of hydrogen-bond acceptors (Lipinski definition) is 4. The van der Waals surface area contributed by atoms with Gasteiger partial charge in [-0.1, -0.05) is 0 Å². The molecular weight excluding hydrogens is 170 g/mol. The summed E-state index contributed by atoms with van der Waals surface area (Å²) >= 11 is 0. The first kappa shape index (κ1) is 9.20. The van der Waals surface area contributed by atoms with Crippen LogP contribution in [0, 0.1) is 11.3 Å². The summed E-state index contributed by atoms with van der Waals surface area (Å²) < 4.78 is 9.87. The smallest absolute Gasteiger partial charge is 0.164 e. The van der Waals surface area contributed by atoms with Crippen molar-refractivity contribution in [1.29, 1.82) is 5.26 Å². The molecule has 1 rings (SSSR count). The summed E-state index contributed by atoms with van der Waals surface area (Å²) in [5, 5.41) is 17.9. The lowest BCUT2D eigenvalue weighted by Crippen LogP contribution is -1.91. The quantitative estimate of drug-likeness (QED) is 0.742. The standard InChI is InChI=1S/C9H9NO3/c1-12-8-3-6(5-10)7(11)4-9(8)13-2/h3-4,11H,1-2H3. The number of nitriles is 1. The van der Waals surface area contributed by atoms with Crippen molar-refractivity contribution in [3.05, 3.63) is 17.7 Å². The molecule has 0 atom stereocenters. The molecule has 0 aliphatic carbocycles. The Balaban J connectivity index is 3.28. The highest BCUT2D eigenvalue weighted by atomic mass is 16.5. The largest absolute Gasteiger partial charge is 0.506 e. The predicted octanol–water partition coefficient (Wildman–Crippen LogP) is 1.28. The summed E-state index contributed by atoms with van der Waals surface area (Å²) in [7, 11) is 2.93. The van der Waals surface area contributed by atoms with Crippen LogP contribution in [-0.4, -0.2) is 19.3 Å². The van der Waals surface area contributed by atoms with Crippen molar-refractivity contribution >= 4 is 0 Å². The zero-order chi connectivity index (χ0) is 9.84. The minimum Gasteiger partial charge on any atom is -0.506 e. The van der Waals surface area contributed by atoms with E-state index in [1.807, 2.05) is 6.07 Å². The molecule has 0 aliphatic rings. The highest BCUT2D eigenvalue weighted by molar-refractivity contribution is 5.54. The maximum atomic E-state index is 9.28. The average molecular weight is 179 g/mol. The first-order chi connectivity index (χ1) is 6.22. The van der Waals surface area contributed by atoms with E-state index in [0.29, 0.717) is 11.5 Å². The van der Waals surface area contributed by atoms with Crippen LogP contribution in [0.5, 0.6) is 17.2 Å². The molecule has 13 heavy (non-hydrogen) atoms. The molecule has 0 bridgehead atoms. The lowest BCUT2D eigenvalue weighted by Gasteiger charge is -2.07. The van der Waals surface area contributed by atoms with Gasteiger partial charge in [-0.3, -0.25) is 0 Å². The van der Waals surface area contributed by atoms with Gasteiger partial charge in [-0.2, -0.15) is 5.26 Å². The number of hydrogen-bond donors (Lipinski definition) is 1. The fourth-order valence-electron chi connectivity index (χ4n) is 0.958. The second-order valence-corrected chi connectivity index (χ2v) is 2.34. The lowest BCUT2D eigenvalue weighted by molar-refractivity contribution is 0.351. The molecule has 4 nitrogen and oxygen atoms in total. The van der Waals surface area contributed by atoms with Gasteiger partial charge in [0, 0.05) is 12.1 Å². The van der Waals surface area contributed by atoms with E-state index in [2.05, 4.69) is 0 Å². The molecule has 4 heteroatoms. The van der Waals surface area contributed by atoms with Crippen LogP contribution >= 0.6 is 0 Å². The average Bonchev–Trinajstić information content (AvgIpc) is 2.17. The van der Waals surface area contributed by atoms with Crippen LogP contribution in [0.1, 0.15) is 5.56 Å². The van der Waals surface area contributed by atoms with Crippen molar-refractivity contribution < 1.29 is 14.6 Å². The zero-order valence-electron chi connectivity index (χ0n) is 7.37. The van der Waals surface area contributed by atoms with E-state index >= 15 is 0 Å². The summed E-state index contributed by atoms with van der Waals surface area (Å²) in [5.74, 6) is 0.719. The van der Waals surface area contributed by atoms with E-state index in [9.17, 15) is 5.11 Å². The summed E-state index contributed by atoms with van der Waals surface area (Å²) in [5.41, 5.74) is 0.164. The molecule has 0 unspecified atom stereocenters. The Morgan fingerprint density at radius 3 is 2.23 bits per heavy atom. The van der Waals surface area contributed by atoms with Crippen molar-refractivity contribution in [2.75, 3.05) is 14.2 Å². The maximum absolute atomic E-state index is 9.28. The molecule has 1 aromatic rings. The Morgan fingerprint density at radius 2 is 1.77 bits per heavy atom. The van der Waals surface area contributed by atoms with Crippen LogP contribution in [0.3, 0.4) is 0 Å². The fourth-order valence-corrected chi connectivity index (χ4v) is 0.958.